The van der Waals surface area contributed by atoms with Crippen molar-refractivity contribution in [3.63, 3.8) is 0 Å². The normalized spacial score (nSPS) is 13.2. The van der Waals surface area contributed by atoms with Crippen molar-refractivity contribution in [2.24, 2.45) is 0 Å². The number of nitrogens with one attached hydrogen (secondary N) is 1. The van der Waals surface area contributed by atoms with E-state index < -0.39 is 17.2 Å². The Hall–Kier alpha value is -3.65. The van der Waals surface area contributed by atoms with E-state index in [1.165, 1.54) is 23.4 Å². The van der Waals surface area contributed by atoms with Crippen LogP contribution in [0.3, 0.4) is 0 Å². The maximum absolute atomic E-state index is 14.6. The third-order valence-corrected chi connectivity index (χ3v) is 4.78. The van der Waals surface area contributed by atoms with E-state index in [-0.39, 0.29) is 17.7 Å². The molecule has 0 aliphatic heterocycles. The maximum Gasteiger partial charge on any atom is 0.137 e. The second-order valence-electron chi connectivity index (χ2n) is 6.60. The van der Waals surface area contributed by atoms with Gasteiger partial charge in [-0.1, -0.05) is 30.8 Å². The molecule has 0 radical (unpaired) electrons. The summed E-state index contributed by atoms with van der Waals surface area (Å²) < 4.78 is 29.4. The second kappa shape index (κ2) is 7.40. The van der Waals surface area contributed by atoms with Crippen LogP contribution in [0.25, 0.3) is 16.8 Å². The number of hydrogen-bond donors (Lipinski definition) is 2. The lowest BCUT2D eigenvalue weighted by Crippen LogP contribution is -2.34. The molecule has 4 rings (SSSR count). The van der Waals surface area contributed by atoms with Gasteiger partial charge < -0.3 is 5.11 Å². The van der Waals surface area contributed by atoms with Gasteiger partial charge in [0.25, 0.3) is 0 Å². The number of nitrogens with zero attached hydrogens (tertiary/aromatic N) is 4. The largest absolute Gasteiger partial charge is 0.378 e. The van der Waals surface area contributed by atoms with Crippen molar-refractivity contribution in [1.29, 1.82) is 0 Å². The summed E-state index contributed by atoms with van der Waals surface area (Å²) in [4.78, 5) is 3.86. The van der Waals surface area contributed by atoms with Gasteiger partial charge in [0.1, 0.15) is 29.9 Å². The molecule has 2 aromatic carbocycles. The summed E-state index contributed by atoms with van der Waals surface area (Å²) in [5.41, 5.74) is 0.601. The highest BCUT2D eigenvalue weighted by Crippen LogP contribution is 2.38. The summed E-state index contributed by atoms with van der Waals surface area (Å²) in [5, 5.41) is 22.3. The van der Waals surface area contributed by atoms with Crippen LogP contribution in [0.2, 0.25) is 0 Å². The molecule has 0 spiro atoms. The molecule has 0 amide bonds. The molecule has 1 atom stereocenters. The number of halogens is 2. The highest BCUT2D eigenvalue weighted by atomic mass is 19.1. The summed E-state index contributed by atoms with van der Waals surface area (Å²) >= 11 is 0. The molecule has 0 aliphatic rings. The first kappa shape index (κ1) is 18.7. The van der Waals surface area contributed by atoms with Crippen LogP contribution in [-0.4, -0.2) is 30.1 Å². The number of aliphatic hydroxyl groups is 1. The van der Waals surface area contributed by atoms with Crippen molar-refractivity contribution in [2.75, 3.05) is 0 Å². The fraction of sp³-hybridized carbons (Fsp3) is 0.0952. The van der Waals surface area contributed by atoms with E-state index in [1.807, 2.05) is 18.2 Å². The fourth-order valence-electron chi connectivity index (χ4n) is 3.22. The molecule has 0 fully saturated rings. The predicted octanol–water partition coefficient (Wildman–Crippen LogP) is 3.55. The Balaban J connectivity index is 1.75. The fourth-order valence-corrected chi connectivity index (χ4v) is 3.22. The van der Waals surface area contributed by atoms with Crippen LogP contribution in [0, 0.1) is 11.6 Å². The minimum Gasteiger partial charge on any atom is -0.378 e. The van der Waals surface area contributed by atoms with Crippen molar-refractivity contribution >= 4 is 5.57 Å². The number of aromatic nitrogens is 5. The minimum absolute atomic E-state index is 0.1000. The van der Waals surface area contributed by atoms with Gasteiger partial charge >= 0.3 is 0 Å². The molecular weight excluding hydrogens is 376 g/mol. The first-order valence-corrected chi connectivity index (χ1v) is 8.77. The van der Waals surface area contributed by atoms with Gasteiger partial charge in [-0.25, -0.2) is 18.4 Å². The lowest BCUT2D eigenvalue weighted by molar-refractivity contribution is 0.0726. The molecule has 0 saturated carbocycles. The predicted molar refractivity (Wildman–Crippen MR) is 103 cm³/mol. The van der Waals surface area contributed by atoms with Crippen molar-refractivity contribution in [2.45, 2.75) is 12.1 Å². The van der Waals surface area contributed by atoms with E-state index >= 15 is 0 Å². The van der Waals surface area contributed by atoms with Crippen molar-refractivity contribution in [3.8, 4) is 11.3 Å². The van der Waals surface area contributed by atoms with E-state index in [4.69, 9.17) is 0 Å². The molecule has 146 valence electrons. The van der Waals surface area contributed by atoms with Gasteiger partial charge in [0, 0.05) is 17.8 Å². The first-order chi connectivity index (χ1) is 14.0. The molecule has 0 saturated heterocycles. The van der Waals surface area contributed by atoms with Gasteiger partial charge in [-0.2, -0.15) is 10.2 Å². The Kier molecular flexibility index (Phi) is 4.77. The summed E-state index contributed by atoms with van der Waals surface area (Å²) in [6.07, 6.45) is 4.36. The topological polar surface area (TPSA) is 79.6 Å². The number of aromatic amines is 1. The van der Waals surface area contributed by atoms with Crippen LogP contribution in [-0.2, 0) is 12.1 Å². The molecule has 0 aliphatic carbocycles. The molecular formula is C21H17F2N5O. The summed E-state index contributed by atoms with van der Waals surface area (Å²) in [7, 11) is 0. The molecule has 2 aromatic heterocycles. The average molecular weight is 393 g/mol. The Bertz CT molecular complexity index is 1120. The van der Waals surface area contributed by atoms with Gasteiger partial charge in [0.15, 0.2) is 0 Å². The second-order valence-corrected chi connectivity index (χ2v) is 6.60. The first-order valence-electron chi connectivity index (χ1n) is 8.77. The van der Waals surface area contributed by atoms with Crippen LogP contribution in [0.15, 0.2) is 74.0 Å². The maximum atomic E-state index is 14.6. The van der Waals surface area contributed by atoms with E-state index in [0.717, 1.165) is 23.4 Å². The van der Waals surface area contributed by atoms with Crippen LogP contribution in [0.1, 0.15) is 11.1 Å². The molecule has 8 heteroatoms. The lowest BCUT2D eigenvalue weighted by atomic mass is 9.82. The van der Waals surface area contributed by atoms with Crippen LogP contribution in [0.4, 0.5) is 8.78 Å². The number of hydrogen-bond acceptors (Lipinski definition) is 4. The Labute approximate surface area is 165 Å². The number of benzene rings is 2. The molecule has 29 heavy (non-hydrogen) atoms. The van der Waals surface area contributed by atoms with Gasteiger partial charge in [0.2, 0.25) is 0 Å². The standard InChI is InChI=1S/C21H17F2N5O/c1-14(15-2-4-16(5-3-15)20-8-9-25-27-20)21(29,11-28-13-24-12-26-28)18-7-6-17(22)10-19(18)23/h2-10,12-13,29H,1,11H2,(H,25,27). The van der Waals surface area contributed by atoms with Crippen LogP contribution >= 0.6 is 0 Å². The van der Waals surface area contributed by atoms with Gasteiger partial charge in [-0.3, -0.25) is 5.10 Å². The summed E-state index contributed by atoms with van der Waals surface area (Å²) in [6, 6.07) is 12.1. The number of H-pyrrole nitrogens is 1. The SMILES string of the molecule is C=C(c1ccc(-c2ccn[nH]2)cc1)C(O)(Cn1cncn1)c1ccc(F)cc1F. The van der Waals surface area contributed by atoms with Gasteiger partial charge in [-0.15, -0.1) is 0 Å². The Morgan fingerprint density at radius 3 is 2.55 bits per heavy atom. The van der Waals surface area contributed by atoms with Gasteiger partial charge in [0.05, 0.1) is 12.2 Å². The summed E-state index contributed by atoms with van der Waals surface area (Å²) in [5.74, 6) is -1.60. The highest BCUT2D eigenvalue weighted by molar-refractivity contribution is 5.74. The zero-order valence-electron chi connectivity index (χ0n) is 15.3. The monoisotopic (exact) mass is 393 g/mol. The van der Waals surface area contributed by atoms with E-state index in [1.54, 1.807) is 18.3 Å². The summed E-state index contributed by atoms with van der Waals surface area (Å²) in [6.45, 7) is 3.88. The quantitative estimate of drug-likeness (QED) is 0.525. The van der Waals surface area contributed by atoms with Crippen molar-refractivity contribution in [3.05, 3.63) is 96.7 Å². The third-order valence-electron chi connectivity index (χ3n) is 4.78. The van der Waals surface area contributed by atoms with Crippen molar-refractivity contribution in [1.82, 2.24) is 25.0 Å². The van der Waals surface area contributed by atoms with E-state index in [0.29, 0.717) is 5.56 Å². The van der Waals surface area contributed by atoms with Gasteiger partial charge in [-0.05, 0) is 34.9 Å². The molecule has 6 nitrogen and oxygen atoms in total. The molecule has 2 N–H and O–H groups in total. The lowest BCUT2D eigenvalue weighted by Gasteiger charge is -2.31. The molecule has 4 aromatic rings. The van der Waals surface area contributed by atoms with E-state index in [9.17, 15) is 13.9 Å². The third kappa shape index (κ3) is 3.57. The molecule has 1 unspecified atom stereocenters. The average Bonchev–Trinajstić information content (AvgIpc) is 3.41. The highest BCUT2D eigenvalue weighted by Gasteiger charge is 2.37. The Morgan fingerprint density at radius 2 is 1.93 bits per heavy atom. The molecule has 2 heterocycles. The van der Waals surface area contributed by atoms with Crippen molar-refractivity contribution < 1.29 is 13.9 Å². The van der Waals surface area contributed by atoms with Crippen LogP contribution in [0.5, 0.6) is 0 Å². The zero-order valence-corrected chi connectivity index (χ0v) is 15.3. The van der Waals surface area contributed by atoms with E-state index in [2.05, 4.69) is 26.9 Å². The Morgan fingerprint density at radius 1 is 1.14 bits per heavy atom. The molecule has 0 bridgehead atoms. The van der Waals surface area contributed by atoms with Crippen LogP contribution < -0.4 is 0 Å². The number of rotatable bonds is 6. The smallest absolute Gasteiger partial charge is 0.137 e. The minimum atomic E-state index is -1.87. The zero-order chi connectivity index (χ0) is 20.4.